The van der Waals surface area contributed by atoms with Crippen LogP contribution >= 0.6 is 0 Å². The lowest BCUT2D eigenvalue weighted by Crippen LogP contribution is -2.31. The molecular formula is C35H29F2N7O4. The molecule has 1 saturated carbocycles. The number of imidazole rings is 1. The fourth-order valence-electron chi connectivity index (χ4n) is 5.73. The summed E-state index contributed by atoms with van der Waals surface area (Å²) in [5.41, 5.74) is 2.40. The molecule has 0 bridgehead atoms. The zero-order chi connectivity index (χ0) is 32.8. The molecule has 11 nitrogen and oxygen atoms in total. The number of rotatable bonds is 11. The number of benzene rings is 2. The second-order valence-electron chi connectivity index (χ2n) is 12.0. The Morgan fingerprint density at radius 3 is 2.62 bits per heavy atom. The Hall–Kier alpha value is -5.56. The van der Waals surface area contributed by atoms with Crippen LogP contribution < -0.4 is 4.74 Å². The van der Waals surface area contributed by atoms with Gasteiger partial charge in [-0.1, -0.05) is 18.2 Å². The maximum Gasteiger partial charge on any atom is 0.335 e. The molecule has 1 aliphatic carbocycles. The predicted octanol–water partition coefficient (Wildman–Crippen LogP) is 5.89. The first-order chi connectivity index (χ1) is 23.4. The van der Waals surface area contributed by atoms with Crippen LogP contribution in [-0.2, 0) is 24.3 Å². The van der Waals surface area contributed by atoms with Gasteiger partial charge in [0.25, 0.3) is 0 Å². The van der Waals surface area contributed by atoms with E-state index in [1.807, 2.05) is 16.7 Å². The third-order valence-corrected chi connectivity index (χ3v) is 8.65. The monoisotopic (exact) mass is 649 g/mol. The first kappa shape index (κ1) is 29.8. The minimum atomic E-state index is -1.06. The first-order valence-corrected chi connectivity index (χ1v) is 15.7. The second-order valence-corrected chi connectivity index (χ2v) is 12.0. The summed E-state index contributed by atoms with van der Waals surface area (Å²) in [5.74, 6) is -0.426. The fourth-order valence-corrected chi connectivity index (χ4v) is 5.73. The first-order valence-electron chi connectivity index (χ1n) is 15.7. The van der Waals surface area contributed by atoms with Crippen molar-refractivity contribution in [2.24, 2.45) is 0 Å². The molecule has 5 heterocycles. The number of carboxylic acids is 1. The number of carbonyl (C=O) groups is 1. The maximum atomic E-state index is 15.6. The Labute approximate surface area is 272 Å². The highest BCUT2D eigenvalue weighted by atomic mass is 19.2. The molecule has 1 saturated heterocycles. The van der Waals surface area contributed by atoms with Crippen LogP contribution in [0.15, 0.2) is 73.2 Å². The van der Waals surface area contributed by atoms with E-state index in [1.54, 1.807) is 47.5 Å². The van der Waals surface area contributed by atoms with Gasteiger partial charge in [-0.25, -0.2) is 38.2 Å². The number of nitrogens with zero attached hydrogens (tertiary/aromatic N) is 7. The summed E-state index contributed by atoms with van der Waals surface area (Å²) < 4.78 is 46.2. The topological polar surface area (TPSA) is 130 Å². The van der Waals surface area contributed by atoms with Crippen molar-refractivity contribution in [2.45, 2.75) is 50.9 Å². The molecule has 1 atom stereocenters. The third-order valence-electron chi connectivity index (χ3n) is 8.65. The molecule has 1 N–H and O–H groups in total. The number of pyridine rings is 2. The number of halogens is 2. The second kappa shape index (κ2) is 12.2. The van der Waals surface area contributed by atoms with Crippen molar-refractivity contribution in [3.63, 3.8) is 0 Å². The Bertz CT molecular complexity index is 2160. The van der Waals surface area contributed by atoms with E-state index in [0.717, 1.165) is 30.7 Å². The van der Waals surface area contributed by atoms with E-state index in [2.05, 4.69) is 25.0 Å². The highest BCUT2D eigenvalue weighted by molar-refractivity contribution is 5.92. The maximum absolute atomic E-state index is 15.6. The summed E-state index contributed by atoms with van der Waals surface area (Å²) in [6.45, 7) is 1.24. The molecule has 1 aliphatic heterocycles. The van der Waals surface area contributed by atoms with Crippen LogP contribution in [0, 0.1) is 11.6 Å². The fraction of sp³-hybridized carbons (Fsp3) is 0.257. The predicted molar refractivity (Wildman–Crippen MR) is 169 cm³/mol. The quantitative estimate of drug-likeness (QED) is 0.183. The molecule has 242 valence electrons. The number of hydrogen-bond donors (Lipinski definition) is 1. The van der Waals surface area contributed by atoms with Gasteiger partial charge >= 0.3 is 5.97 Å². The number of hydrogen-bond acceptors (Lipinski definition) is 8. The number of ether oxygens (including phenoxy) is 2. The number of carboxylic acid groups (broad SMARTS) is 1. The van der Waals surface area contributed by atoms with Crippen LogP contribution in [0.2, 0.25) is 0 Å². The van der Waals surface area contributed by atoms with Gasteiger partial charge in [-0.3, -0.25) is 0 Å². The molecule has 2 aliphatic rings. The van der Waals surface area contributed by atoms with Crippen LogP contribution in [0.3, 0.4) is 0 Å². The summed E-state index contributed by atoms with van der Waals surface area (Å²) in [6.07, 6.45) is 6.37. The van der Waals surface area contributed by atoms with Gasteiger partial charge in [0.1, 0.15) is 18.8 Å². The summed E-state index contributed by atoms with van der Waals surface area (Å²) in [5, 5.41) is 14.0. The van der Waals surface area contributed by atoms with Crippen molar-refractivity contribution >= 4 is 17.0 Å². The van der Waals surface area contributed by atoms with Crippen molar-refractivity contribution in [1.29, 1.82) is 0 Å². The van der Waals surface area contributed by atoms with Crippen molar-refractivity contribution in [3.05, 3.63) is 113 Å². The summed E-state index contributed by atoms with van der Waals surface area (Å²) in [4.78, 5) is 29.5. The van der Waals surface area contributed by atoms with E-state index < -0.39 is 17.6 Å². The Balaban J connectivity index is 0.989. The Kier molecular flexibility index (Phi) is 7.60. The van der Waals surface area contributed by atoms with Crippen LogP contribution in [0.25, 0.3) is 28.1 Å². The van der Waals surface area contributed by atoms with E-state index >= 15 is 8.78 Å². The molecular weight excluding hydrogens is 620 g/mol. The summed E-state index contributed by atoms with van der Waals surface area (Å²) in [7, 11) is 0. The van der Waals surface area contributed by atoms with Crippen molar-refractivity contribution in [3.8, 4) is 23.0 Å². The molecule has 0 amide bonds. The van der Waals surface area contributed by atoms with Gasteiger partial charge in [-0.2, -0.15) is 0 Å². The summed E-state index contributed by atoms with van der Waals surface area (Å²) in [6, 6.07) is 16.3. The minimum Gasteiger partial charge on any atom is -0.478 e. The van der Waals surface area contributed by atoms with Gasteiger partial charge < -0.3 is 19.1 Å². The van der Waals surface area contributed by atoms with Crippen molar-refractivity contribution in [2.75, 3.05) is 6.61 Å². The average molecular weight is 650 g/mol. The lowest BCUT2D eigenvalue weighted by atomic mass is 10.0. The Morgan fingerprint density at radius 2 is 1.88 bits per heavy atom. The van der Waals surface area contributed by atoms with Gasteiger partial charge in [0.15, 0.2) is 23.3 Å². The highest BCUT2D eigenvalue weighted by Crippen LogP contribution is 2.38. The van der Waals surface area contributed by atoms with Gasteiger partial charge in [-0.15, -0.1) is 5.10 Å². The lowest BCUT2D eigenvalue weighted by molar-refractivity contribution is -0.0589. The van der Waals surface area contributed by atoms with Crippen LogP contribution in [-0.4, -0.2) is 58.1 Å². The molecule has 6 aromatic rings. The largest absolute Gasteiger partial charge is 0.478 e. The van der Waals surface area contributed by atoms with Gasteiger partial charge in [0, 0.05) is 42.3 Å². The van der Waals surface area contributed by atoms with Crippen LogP contribution in [0.1, 0.15) is 58.3 Å². The molecule has 0 unspecified atom stereocenters. The molecule has 4 aromatic heterocycles. The van der Waals surface area contributed by atoms with Crippen molar-refractivity contribution in [1.82, 2.24) is 34.3 Å². The van der Waals surface area contributed by atoms with E-state index in [-0.39, 0.29) is 47.4 Å². The lowest BCUT2D eigenvalue weighted by Gasteiger charge is -2.27. The standard InChI is InChI=1S/C35H29F2N7O4/c36-32-22(15-30-40-27-10-8-23(35(45)46)14-28(27)43(30)17-24-12-13-47-24)7-9-25(33(32)37)26-2-1-3-31(41-26)48-18-20-4-11-29(38-16-20)44-19-39-34(42-44)21-5-6-21/h1-4,7-11,14,16,19,21,24H,5-6,12-13,15,17-18H2,(H,45,46)/t24-/m0/s1. The van der Waals surface area contributed by atoms with Crippen molar-refractivity contribution < 1.29 is 28.2 Å². The molecule has 13 heteroatoms. The van der Waals surface area contributed by atoms with Gasteiger partial charge in [0.05, 0.1) is 34.9 Å². The number of aromatic carboxylic acids is 1. The molecule has 8 rings (SSSR count). The van der Waals surface area contributed by atoms with E-state index in [4.69, 9.17) is 9.47 Å². The normalized spacial score (nSPS) is 15.8. The number of aromatic nitrogens is 7. The van der Waals surface area contributed by atoms with Gasteiger partial charge in [0.2, 0.25) is 5.88 Å². The molecule has 0 radical (unpaired) electrons. The molecule has 2 aromatic carbocycles. The summed E-state index contributed by atoms with van der Waals surface area (Å²) >= 11 is 0. The van der Waals surface area contributed by atoms with Crippen LogP contribution in [0.5, 0.6) is 5.88 Å². The zero-order valence-corrected chi connectivity index (χ0v) is 25.6. The average Bonchev–Trinajstić information content (AvgIpc) is 3.71. The highest BCUT2D eigenvalue weighted by Gasteiger charge is 2.28. The minimum absolute atomic E-state index is 0.00513. The SMILES string of the molecule is O=C(O)c1ccc2nc(Cc3ccc(-c4cccc(OCc5ccc(-n6cnc(C7CC7)n6)nc5)n4)c(F)c3F)n(C[C@@H]3CCO3)c2c1. The van der Waals surface area contributed by atoms with E-state index in [9.17, 15) is 9.90 Å². The molecule has 2 fully saturated rings. The van der Waals surface area contributed by atoms with E-state index in [1.165, 1.54) is 18.2 Å². The van der Waals surface area contributed by atoms with E-state index in [0.29, 0.717) is 41.7 Å². The number of fused-ring (bicyclic) bond motifs is 1. The molecule has 48 heavy (non-hydrogen) atoms. The van der Waals surface area contributed by atoms with Gasteiger partial charge in [-0.05, 0) is 61.2 Å². The molecule has 0 spiro atoms. The smallest absolute Gasteiger partial charge is 0.335 e. The third kappa shape index (κ3) is 5.88. The van der Waals surface area contributed by atoms with Crippen LogP contribution in [0.4, 0.5) is 8.78 Å². The Morgan fingerprint density at radius 1 is 1.00 bits per heavy atom. The zero-order valence-electron chi connectivity index (χ0n) is 25.6.